The van der Waals surface area contributed by atoms with Crippen molar-refractivity contribution in [1.82, 2.24) is 5.32 Å². The fourth-order valence-electron chi connectivity index (χ4n) is 1.22. The quantitative estimate of drug-likeness (QED) is 0.752. The molecule has 0 aliphatic rings. The molecule has 1 rings (SSSR count). The summed E-state index contributed by atoms with van der Waals surface area (Å²) in [6.07, 6.45) is 0. The fourth-order valence-corrected chi connectivity index (χ4v) is 1.22. The molecule has 1 aromatic rings. The smallest absolute Gasteiger partial charge is 0.127 e. The van der Waals surface area contributed by atoms with Crippen molar-refractivity contribution in [2.24, 2.45) is 0 Å². The van der Waals surface area contributed by atoms with Crippen LogP contribution in [0, 0.1) is 5.82 Å². The third-order valence-corrected chi connectivity index (χ3v) is 1.80. The maximum atomic E-state index is 13.1. The van der Waals surface area contributed by atoms with E-state index in [0.29, 0.717) is 18.9 Å². The van der Waals surface area contributed by atoms with Gasteiger partial charge >= 0.3 is 0 Å². The van der Waals surface area contributed by atoms with Gasteiger partial charge in [-0.1, -0.05) is 6.58 Å². The van der Waals surface area contributed by atoms with Gasteiger partial charge in [0.05, 0.1) is 0 Å². The van der Waals surface area contributed by atoms with Gasteiger partial charge in [-0.15, -0.1) is 0 Å². The predicted octanol–water partition coefficient (Wildman–Crippen LogP) is 2.50. The van der Waals surface area contributed by atoms with Crippen molar-refractivity contribution in [2.45, 2.75) is 13.5 Å². The van der Waals surface area contributed by atoms with E-state index < -0.39 is 0 Å². The molecule has 0 saturated heterocycles. The molecule has 0 bridgehead atoms. The minimum atomic E-state index is -0.278. The molecule has 0 atom stereocenters. The van der Waals surface area contributed by atoms with Crippen LogP contribution in [0.5, 0.6) is 5.75 Å². The van der Waals surface area contributed by atoms with Gasteiger partial charge in [-0.3, -0.25) is 0 Å². The van der Waals surface area contributed by atoms with Crippen LogP contribution in [-0.2, 0) is 6.54 Å². The van der Waals surface area contributed by atoms with Gasteiger partial charge < -0.3 is 10.1 Å². The minimum Gasteiger partial charge on any atom is -0.489 e. The Labute approximate surface area is 89.8 Å². The van der Waals surface area contributed by atoms with Crippen LogP contribution in [0.4, 0.5) is 4.39 Å². The van der Waals surface area contributed by atoms with E-state index in [-0.39, 0.29) is 5.82 Å². The lowest BCUT2D eigenvalue weighted by molar-refractivity contribution is 0.350. The predicted molar refractivity (Wildman–Crippen MR) is 59.5 cm³/mol. The van der Waals surface area contributed by atoms with E-state index in [4.69, 9.17) is 4.74 Å². The summed E-state index contributed by atoms with van der Waals surface area (Å²) in [5, 5.41) is 2.96. The molecule has 0 aliphatic carbocycles. The topological polar surface area (TPSA) is 21.3 Å². The van der Waals surface area contributed by atoms with E-state index in [2.05, 4.69) is 11.9 Å². The van der Waals surface area contributed by atoms with E-state index in [0.717, 1.165) is 11.1 Å². The van der Waals surface area contributed by atoms with Crippen LogP contribution >= 0.6 is 0 Å². The summed E-state index contributed by atoms with van der Waals surface area (Å²) < 4.78 is 18.5. The molecular formula is C12H16FNO. The van der Waals surface area contributed by atoms with Gasteiger partial charge in [0.2, 0.25) is 0 Å². The summed E-state index contributed by atoms with van der Waals surface area (Å²) in [7, 11) is 1.82. The van der Waals surface area contributed by atoms with Crippen molar-refractivity contribution in [3.63, 3.8) is 0 Å². The first kappa shape index (κ1) is 11.7. The van der Waals surface area contributed by atoms with Gasteiger partial charge in [0.25, 0.3) is 0 Å². The minimum absolute atomic E-state index is 0.278. The second kappa shape index (κ2) is 5.51. The molecule has 15 heavy (non-hydrogen) atoms. The molecule has 0 heterocycles. The molecule has 0 amide bonds. The molecule has 0 radical (unpaired) electrons. The van der Waals surface area contributed by atoms with E-state index >= 15 is 0 Å². The molecule has 0 aromatic heterocycles. The summed E-state index contributed by atoms with van der Waals surface area (Å²) in [4.78, 5) is 0. The average molecular weight is 209 g/mol. The largest absolute Gasteiger partial charge is 0.489 e. The van der Waals surface area contributed by atoms with Crippen LogP contribution in [0.2, 0.25) is 0 Å². The zero-order valence-corrected chi connectivity index (χ0v) is 9.14. The van der Waals surface area contributed by atoms with E-state index in [1.165, 1.54) is 12.1 Å². The highest BCUT2D eigenvalue weighted by molar-refractivity contribution is 5.29. The third-order valence-electron chi connectivity index (χ3n) is 1.80. The van der Waals surface area contributed by atoms with Gasteiger partial charge in [0, 0.05) is 12.6 Å². The maximum absolute atomic E-state index is 13.1. The summed E-state index contributed by atoms with van der Waals surface area (Å²) >= 11 is 0. The van der Waals surface area contributed by atoms with Gasteiger partial charge in [-0.05, 0) is 37.2 Å². The monoisotopic (exact) mass is 209 g/mol. The molecule has 3 heteroatoms. The Bertz CT molecular complexity index is 349. The molecule has 0 spiro atoms. The van der Waals surface area contributed by atoms with Crippen molar-refractivity contribution in [1.29, 1.82) is 0 Å². The van der Waals surface area contributed by atoms with Gasteiger partial charge in [0.15, 0.2) is 0 Å². The Hall–Kier alpha value is -1.35. The van der Waals surface area contributed by atoms with E-state index in [1.54, 1.807) is 0 Å². The van der Waals surface area contributed by atoms with Crippen molar-refractivity contribution >= 4 is 0 Å². The molecule has 82 valence electrons. The van der Waals surface area contributed by atoms with Crippen LogP contribution in [-0.4, -0.2) is 13.7 Å². The highest BCUT2D eigenvalue weighted by Gasteiger charge is 2.01. The lowest BCUT2D eigenvalue weighted by atomic mass is 10.2. The van der Waals surface area contributed by atoms with Crippen LogP contribution in [0.15, 0.2) is 30.4 Å². The van der Waals surface area contributed by atoms with Crippen molar-refractivity contribution in [3.05, 3.63) is 41.7 Å². The Morgan fingerprint density at radius 2 is 2.20 bits per heavy atom. The normalized spacial score (nSPS) is 10.1. The number of hydrogen-bond acceptors (Lipinski definition) is 2. The Kier molecular flexibility index (Phi) is 4.31. The van der Waals surface area contributed by atoms with E-state index in [9.17, 15) is 4.39 Å². The number of halogens is 1. The molecule has 2 nitrogen and oxygen atoms in total. The second-order valence-electron chi connectivity index (χ2n) is 3.57. The second-order valence-corrected chi connectivity index (χ2v) is 3.57. The Balaban J connectivity index is 2.74. The fraction of sp³-hybridized carbons (Fsp3) is 0.333. The number of rotatable bonds is 5. The molecule has 0 unspecified atom stereocenters. The van der Waals surface area contributed by atoms with Gasteiger partial charge in [-0.25, -0.2) is 4.39 Å². The van der Waals surface area contributed by atoms with Gasteiger partial charge in [-0.2, -0.15) is 0 Å². The summed E-state index contributed by atoms with van der Waals surface area (Å²) in [6, 6.07) is 4.69. The molecule has 0 aliphatic heterocycles. The number of ether oxygens (including phenoxy) is 1. The number of benzene rings is 1. The lowest BCUT2D eigenvalue weighted by Gasteiger charge is -2.08. The third kappa shape index (κ3) is 4.13. The molecule has 1 N–H and O–H groups in total. The average Bonchev–Trinajstić information content (AvgIpc) is 2.14. The first-order valence-corrected chi connectivity index (χ1v) is 4.83. The first-order valence-electron chi connectivity index (χ1n) is 4.83. The Morgan fingerprint density at radius 3 is 2.80 bits per heavy atom. The van der Waals surface area contributed by atoms with Crippen molar-refractivity contribution in [2.75, 3.05) is 13.7 Å². The summed E-state index contributed by atoms with van der Waals surface area (Å²) in [6.45, 7) is 6.63. The van der Waals surface area contributed by atoms with Gasteiger partial charge in [0.1, 0.15) is 18.2 Å². The summed E-state index contributed by atoms with van der Waals surface area (Å²) in [5.74, 6) is 0.266. The maximum Gasteiger partial charge on any atom is 0.127 e. The van der Waals surface area contributed by atoms with Crippen molar-refractivity contribution < 1.29 is 9.13 Å². The van der Waals surface area contributed by atoms with Crippen molar-refractivity contribution in [3.8, 4) is 5.75 Å². The zero-order valence-electron chi connectivity index (χ0n) is 9.14. The molecule has 1 aromatic carbocycles. The lowest BCUT2D eigenvalue weighted by Crippen LogP contribution is -2.06. The molecular weight excluding hydrogens is 193 g/mol. The van der Waals surface area contributed by atoms with Crippen LogP contribution in [0.1, 0.15) is 12.5 Å². The number of nitrogens with one attached hydrogen (secondary N) is 1. The number of hydrogen-bond donors (Lipinski definition) is 1. The van der Waals surface area contributed by atoms with E-state index in [1.807, 2.05) is 20.0 Å². The SMILES string of the molecule is C=C(C)COc1cc(F)cc(CNC)c1. The summed E-state index contributed by atoms with van der Waals surface area (Å²) in [5.41, 5.74) is 1.78. The standard InChI is InChI=1S/C12H16FNO/c1-9(2)8-15-12-5-10(7-14-3)4-11(13)6-12/h4-6,14H,1,7-8H2,2-3H3. The highest BCUT2D eigenvalue weighted by atomic mass is 19.1. The highest BCUT2D eigenvalue weighted by Crippen LogP contribution is 2.16. The molecule has 0 saturated carbocycles. The van der Waals surface area contributed by atoms with Crippen LogP contribution in [0.25, 0.3) is 0 Å². The first-order chi connectivity index (χ1) is 7.11. The molecule has 0 fully saturated rings. The zero-order chi connectivity index (χ0) is 11.3. The van der Waals surface area contributed by atoms with Crippen LogP contribution < -0.4 is 10.1 Å². The Morgan fingerprint density at radius 1 is 1.47 bits per heavy atom. The van der Waals surface area contributed by atoms with Crippen LogP contribution in [0.3, 0.4) is 0 Å².